The lowest BCUT2D eigenvalue weighted by Crippen LogP contribution is -2.10. The number of hydrogen-bond donors (Lipinski definition) is 2. The molecule has 0 aliphatic carbocycles. The highest BCUT2D eigenvalue weighted by atomic mass is 16.5. The zero-order chi connectivity index (χ0) is 14.7. The highest BCUT2D eigenvalue weighted by Gasteiger charge is 2.20. The van der Waals surface area contributed by atoms with Crippen LogP contribution in [0.2, 0.25) is 0 Å². The van der Waals surface area contributed by atoms with Gasteiger partial charge < -0.3 is 15.6 Å². The third-order valence-electron chi connectivity index (χ3n) is 2.56. The van der Waals surface area contributed by atoms with E-state index in [1.54, 1.807) is 24.3 Å². The summed E-state index contributed by atoms with van der Waals surface area (Å²) >= 11 is 0. The first-order chi connectivity index (χ1) is 9.56. The maximum atomic E-state index is 11.1. The van der Waals surface area contributed by atoms with E-state index in [0.717, 1.165) is 0 Å². The minimum atomic E-state index is -1.27. The van der Waals surface area contributed by atoms with E-state index in [0.29, 0.717) is 11.1 Å². The summed E-state index contributed by atoms with van der Waals surface area (Å²) in [7, 11) is 1.30. The number of anilines is 1. The lowest BCUT2D eigenvalue weighted by molar-refractivity contribution is 0.0693. The number of carbonyl (C=O) groups is 1. The van der Waals surface area contributed by atoms with Gasteiger partial charge in [-0.25, -0.2) is 9.78 Å². The first kappa shape index (κ1) is 13.3. The molecule has 0 saturated heterocycles. The number of rotatable bonds is 3. The first-order valence-electron chi connectivity index (χ1n) is 5.52. The molecule has 100 valence electrons. The Balaban J connectivity index is 2.62. The number of aromatic carboxylic acids is 1. The molecule has 0 unspecified atom stereocenters. The monoisotopic (exact) mass is 270 g/mol. The Bertz CT molecular complexity index is 722. The smallest absolute Gasteiger partial charge is 0.345 e. The van der Waals surface area contributed by atoms with Gasteiger partial charge in [0.05, 0.1) is 18.7 Å². The third kappa shape index (κ3) is 2.35. The summed E-state index contributed by atoms with van der Waals surface area (Å²) in [5.74, 6) is -1.39. The fourth-order valence-corrected chi connectivity index (χ4v) is 1.66. The Kier molecular flexibility index (Phi) is 3.48. The number of carboxylic acids is 1. The number of methoxy groups -OCH3 is 1. The van der Waals surface area contributed by atoms with Gasteiger partial charge in [0.25, 0.3) is 0 Å². The van der Waals surface area contributed by atoms with Crippen molar-refractivity contribution in [3.63, 3.8) is 0 Å². The SMILES string of the molecule is COc1nc(-c2cccc(C#N)c2)nc(N)c1C(=O)O. The number of nitrogens with zero attached hydrogens (tertiary/aromatic N) is 3. The van der Waals surface area contributed by atoms with E-state index in [4.69, 9.17) is 20.8 Å². The molecular weight excluding hydrogens is 260 g/mol. The predicted octanol–water partition coefficient (Wildman–Crippen LogP) is 1.30. The molecule has 7 nitrogen and oxygen atoms in total. The van der Waals surface area contributed by atoms with E-state index in [2.05, 4.69) is 9.97 Å². The van der Waals surface area contributed by atoms with Crippen molar-refractivity contribution in [2.75, 3.05) is 12.8 Å². The molecule has 0 radical (unpaired) electrons. The fraction of sp³-hybridized carbons (Fsp3) is 0.0769. The number of benzene rings is 1. The van der Waals surface area contributed by atoms with Crippen LogP contribution in [0.1, 0.15) is 15.9 Å². The lowest BCUT2D eigenvalue weighted by atomic mass is 10.1. The molecule has 2 rings (SSSR count). The maximum Gasteiger partial charge on any atom is 0.345 e. The van der Waals surface area contributed by atoms with E-state index in [1.165, 1.54) is 7.11 Å². The quantitative estimate of drug-likeness (QED) is 0.861. The first-order valence-corrected chi connectivity index (χ1v) is 5.52. The van der Waals surface area contributed by atoms with Crippen molar-refractivity contribution in [2.45, 2.75) is 0 Å². The van der Waals surface area contributed by atoms with Crippen LogP contribution in [0.15, 0.2) is 24.3 Å². The number of nitrogens with two attached hydrogens (primary N) is 1. The van der Waals surface area contributed by atoms with E-state index in [1.807, 2.05) is 6.07 Å². The number of hydrogen-bond acceptors (Lipinski definition) is 6. The van der Waals surface area contributed by atoms with Crippen molar-refractivity contribution >= 4 is 11.8 Å². The van der Waals surface area contributed by atoms with Crippen molar-refractivity contribution in [1.29, 1.82) is 5.26 Å². The molecule has 0 aliphatic rings. The summed E-state index contributed by atoms with van der Waals surface area (Å²) in [6.07, 6.45) is 0. The van der Waals surface area contributed by atoms with Gasteiger partial charge in [0.15, 0.2) is 11.4 Å². The predicted molar refractivity (Wildman–Crippen MR) is 70.1 cm³/mol. The molecule has 0 fully saturated rings. The molecular formula is C13H10N4O3. The van der Waals surface area contributed by atoms with Gasteiger partial charge in [-0.2, -0.15) is 10.2 Å². The molecule has 1 aromatic carbocycles. The van der Waals surface area contributed by atoms with Crippen molar-refractivity contribution in [2.24, 2.45) is 0 Å². The highest BCUT2D eigenvalue weighted by molar-refractivity contribution is 5.95. The van der Waals surface area contributed by atoms with Crippen LogP contribution in [0.5, 0.6) is 5.88 Å². The fourth-order valence-electron chi connectivity index (χ4n) is 1.66. The second-order valence-electron chi connectivity index (χ2n) is 3.81. The van der Waals surface area contributed by atoms with Gasteiger partial charge >= 0.3 is 5.97 Å². The van der Waals surface area contributed by atoms with E-state index in [-0.39, 0.29) is 23.1 Å². The minimum absolute atomic E-state index is 0.123. The summed E-state index contributed by atoms with van der Waals surface area (Å²) < 4.78 is 4.93. The summed E-state index contributed by atoms with van der Waals surface area (Å²) in [5.41, 5.74) is 6.33. The van der Waals surface area contributed by atoms with Gasteiger partial charge in [-0.3, -0.25) is 0 Å². The van der Waals surface area contributed by atoms with Crippen molar-refractivity contribution < 1.29 is 14.6 Å². The van der Waals surface area contributed by atoms with Crippen LogP contribution >= 0.6 is 0 Å². The van der Waals surface area contributed by atoms with E-state index in [9.17, 15) is 4.79 Å². The largest absolute Gasteiger partial charge is 0.480 e. The van der Waals surface area contributed by atoms with Crippen LogP contribution in [-0.4, -0.2) is 28.2 Å². The molecule has 0 saturated carbocycles. The normalized spacial score (nSPS) is 9.80. The summed E-state index contributed by atoms with van der Waals surface area (Å²) in [6, 6.07) is 8.57. The minimum Gasteiger partial charge on any atom is -0.480 e. The highest BCUT2D eigenvalue weighted by Crippen LogP contribution is 2.25. The number of nitriles is 1. The average Bonchev–Trinajstić information content (AvgIpc) is 2.45. The molecule has 0 amide bonds. The standard InChI is InChI=1S/C13H10N4O3/c1-20-12-9(13(18)19)10(15)16-11(17-12)8-4-2-3-7(5-8)6-14/h2-5H,1H3,(H,18,19)(H2,15,16,17). The molecule has 1 heterocycles. The van der Waals surface area contributed by atoms with Gasteiger partial charge in [0, 0.05) is 5.56 Å². The van der Waals surface area contributed by atoms with Crippen LogP contribution in [0, 0.1) is 11.3 Å². The summed E-state index contributed by atoms with van der Waals surface area (Å²) in [5, 5.41) is 17.9. The van der Waals surface area contributed by atoms with Crippen LogP contribution in [0.25, 0.3) is 11.4 Å². The molecule has 3 N–H and O–H groups in total. The average molecular weight is 270 g/mol. The summed E-state index contributed by atoms with van der Waals surface area (Å²) in [4.78, 5) is 19.0. The second-order valence-corrected chi connectivity index (χ2v) is 3.81. The van der Waals surface area contributed by atoms with Crippen molar-refractivity contribution in [3.05, 3.63) is 35.4 Å². The van der Waals surface area contributed by atoms with Crippen LogP contribution in [-0.2, 0) is 0 Å². The Labute approximate surface area is 114 Å². The number of aromatic nitrogens is 2. The molecule has 1 aromatic heterocycles. The Morgan fingerprint density at radius 2 is 2.20 bits per heavy atom. The molecule has 7 heteroatoms. The van der Waals surface area contributed by atoms with Crippen LogP contribution in [0.4, 0.5) is 5.82 Å². The Morgan fingerprint density at radius 1 is 1.45 bits per heavy atom. The molecule has 20 heavy (non-hydrogen) atoms. The zero-order valence-corrected chi connectivity index (χ0v) is 10.5. The van der Waals surface area contributed by atoms with E-state index >= 15 is 0 Å². The van der Waals surface area contributed by atoms with Gasteiger partial charge in [0.2, 0.25) is 5.88 Å². The maximum absolute atomic E-state index is 11.1. The Hall–Kier alpha value is -3.14. The molecule has 0 spiro atoms. The van der Waals surface area contributed by atoms with Crippen molar-refractivity contribution in [1.82, 2.24) is 9.97 Å². The topological polar surface area (TPSA) is 122 Å². The Morgan fingerprint density at radius 3 is 2.80 bits per heavy atom. The summed E-state index contributed by atoms with van der Waals surface area (Å²) in [6.45, 7) is 0. The number of ether oxygens (including phenoxy) is 1. The van der Waals surface area contributed by atoms with Crippen molar-refractivity contribution in [3.8, 4) is 23.3 Å². The molecule has 0 bridgehead atoms. The number of nitrogen functional groups attached to an aromatic ring is 1. The molecule has 2 aromatic rings. The zero-order valence-electron chi connectivity index (χ0n) is 10.5. The van der Waals surface area contributed by atoms with Gasteiger partial charge in [-0.1, -0.05) is 12.1 Å². The molecule has 0 aliphatic heterocycles. The second kappa shape index (κ2) is 5.24. The van der Waals surface area contributed by atoms with Gasteiger partial charge in [0.1, 0.15) is 5.82 Å². The van der Waals surface area contributed by atoms with Gasteiger partial charge in [-0.15, -0.1) is 0 Å². The molecule has 0 atom stereocenters. The van der Waals surface area contributed by atoms with Gasteiger partial charge in [-0.05, 0) is 12.1 Å². The lowest BCUT2D eigenvalue weighted by Gasteiger charge is -2.09. The van der Waals surface area contributed by atoms with Crippen LogP contribution in [0.3, 0.4) is 0 Å². The number of carboxylic acid groups (broad SMARTS) is 1. The third-order valence-corrected chi connectivity index (χ3v) is 2.56. The van der Waals surface area contributed by atoms with Crippen LogP contribution < -0.4 is 10.5 Å². The van der Waals surface area contributed by atoms with E-state index < -0.39 is 5.97 Å².